The van der Waals surface area contributed by atoms with Gasteiger partial charge in [-0.2, -0.15) is 0 Å². The lowest BCUT2D eigenvalue weighted by Gasteiger charge is -2.11. The van der Waals surface area contributed by atoms with Crippen LogP contribution in [-0.2, 0) is 0 Å². The molecule has 0 spiro atoms. The number of hydrogen-bond acceptors (Lipinski definition) is 0. The zero-order chi connectivity index (χ0) is 10.0. The van der Waals surface area contributed by atoms with Crippen LogP contribution in [0.4, 0.5) is 0 Å². The van der Waals surface area contributed by atoms with Gasteiger partial charge in [-0.15, -0.1) is 0 Å². The van der Waals surface area contributed by atoms with Gasteiger partial charge < -0.3 is 0 Å². The maximum atomic E-state index is 2.26. The molecule has 0 unspecified atom stereocenters. The van der Waals surface area contributed by atoms with Crippen molar-refractivity contribution in [2.45, 2.75) is 34.6 Å². The smallest absolute Gasteiger partial charge is 0.0225 e. The SMILES string of the molecule is C/C=C\c1cc(C)c(C)c(C)c1C. The van der Waals surface area contributed by atoms with Crippen molar-refractivity contribution in [1.29, 1.82) is 0 Å². The molecule has 0 saturated carbocycles. The molecule has 0 bridgehead atoms. The van der Waals surface area contributed by atoms with Gasteiger partial charge in [0, 0.05) is 0 Å². The molecule has 13 heavy (non-hydrogen) atoms. The highest BCUT2D eigenvalue weighted by atomic mass is 14.1. The van der Waals surface area contributed by atoms with Crippen LogP contribution in [-0.4, -0.2) is 0 Å². The molecule has 0 aromatic heterocycles. The summed E-state index contributed by atoms with van der Waals surface area (Å²) in [6.07, 6.45) is 4.27. The van der Waals surface area contributed by atoms with E-state index in [1.54, 1.807) is 0 Å². The molecule has 0 heterocycles. The molecule has 70 valence electrons. The molecule has 0 saturated heterocycles. The number of aryl methyl sites for hydroxylation is 1. The van der Waals surface area contributed by atoms with E-state index in [4.69, 9.17) is 0 Å². The Labute approximate surface area is 81.3 Å². The minimum absolute atomic E-state index is 1.35. The van der Waals surface area contributed by atoms with Crippen molar-refractivity contribution in [1.82, 2.24) is 0 Å². The molecule has 1 aromatic rings. The van der Waals surface area contributed by atoms with E-state index in [0.29, 0.717) is 0 Å². The van der Waals surface area contributed by atoms with Gasteiger partial charge >= 0.3 is 0 Å². The van der Waals surface area contributed by atoms with Crippen molar-refractivity contribution < 1.29 is 0 Å². The van der Waals surface area contributed by atoms with Crippen molar-refractivity contribution in [2.75, 3.05) is 0 Å². The topological polar surface area (TPSA) is 0 Å². The highest BCUT2D eigenvalue weighted by Crippen LogP contribution is 2.21. The van der Waals surface area contributed by atoms with Crippen LogP contribution in [0.25, 0.3) is 6.08 Å². The van der Waals surface area contributed by atoms with Gasteiger partial charge in [0.15, 0.2) is 0 Å². The minimum Gasteiger partial charge on any atom is -0.0871 e. The highest BCUT2D eigenvalue weighted by Gasteiger charge is 2.03. The van der Waals surface area contributed by atoms with Crippen LogP contribution in [0.1, 0.15) is 34.7 Å². The van der Waals surface area contributed by atoms with Crippen molar-refractivity contribution in [3.63, 3.8) is 0 Å². The molecular weight excluding hydrogens is 156 g/mol. The standard InChI is InChI=1S/C13H18/c1-6-7-13-8-9(2)10(3)11(4)12(13)5/h6-8H,1-5H3/b7-6-. The van der Waals surface area contributed by atoms with E-state index in [9.17, 15) is 0 Å². The molecule has 0 radical (unpaired) electrons. The average Bonchev–Trinajstić information content (AvgIpc) is 2.11. The Bertz CT molecular complexity index is 344. The molecule has 0 aliphatic carbocycles. The van der Waals surface area contributed by atoms with Gasteiger partial charge in [0.05, 0.1) is 0 Å². The third kappa shape index (κ3) is 1.82. The van der Waals surface area contributed by atoms with E-state index in [1.807, 2.05) is 0 Å². The maximum absolute atomic E-state index is 2.26. The fourth-order valence-corrected chi connectivity index (χ4v) is 1.60. The minimum atomic E-state index is 1.35. The predicted octanol–water partition coefficient (Wildman–Crippen LogP) is 3.95. The first-order chi connectivity index (χ1) is 6.07. The van der Waals surface area contributed by atoms with Gasteiger partial charge in [0.25, 0.3) is 0 Å². The van der Waals surface area contributed by atoms with Crippen LogP contribution in [0.15, 0.2) is 12.1 Å². The Morgan fingerprint density at radius 2 is 1.54 bits per heavy atom. The summed E-state index contributed by atoms with van der Waals surface area (Å²) in [4.78, 5) is 0. The Morgan fingerprint density at radius 1 is 0.923 bits per heavy atom. The van der Waals surface area contributed by atoms with Gasteiger partial charge in [0.2, 0.25) is 0 Å². The molecule has 0 heteroatoms. The van der Waals surface area contributed by atoms with E-state index in [0.717, 1.165) is 0 Å². The van der Waals surface area contributed by atoms with Crippen molar-refractivity contribution in [3.8, 4) is 0 Å². The second-order valence-electron chi connectivity index (χ2n) is 3.66. The average molecular weight is 174 g/mol. The van der Waals surface area contributed by atoms with Crippen molar-refractivity contribution in [3.05, 3.63) is 40.0 Å². The number of allylic oxidation sites excluding steroid dienone is 1. The van der Waals surface area contributed by atoms with Gasteiger partial charge in [0.1, 0.15) is 0 Å². The highest BCUT2D eigenvalue weighted by molar-refractivity contribution is 5.58. The molecule has 0 aliphatic heterocycles. The molecule has 1 rings (SSSR count). The largest absolute Gasteiger partial charge is 0.0871 e. The van der Waals surface area contributed by atoms with Crippen LogP contribution in [0.3, 0.4) is 0 Å². The van der Waals surface area contributed by atoms with Gasteiger partial charge in [-0.05, 0) is 62.4 Å². The van der Waals surface area contributed by atoms with E-state index in [-0.39, 0.29) is 0 Å². The number of rotatable bonds is 1. The zero-order valence-corrected chi connectivity index (χ0v) is 9.23. The summed E-state index contributed by atoms with van der Waals surface area (Å²) in [6.45, 7) is 10.8. The summed E-state index contributed by atoms with van der Waals surface area (Å²) in [7, 11) is 0. The second-order valence-corrected chi connectivity index (χ2v) is 3.66. The molecule has 0 amide bonds. The summed E-state index contributed by atoms with van der Waals surface area (Å²) in [5, 5.41) is 0. The van der Waals surface area contributed by atoms with E-state index in [2.05, 4.69) is 52.8 Å². The first-order valence-electron chi connectivity index (χ1n) is 4.78. The molecule has 0 N–H and O–H groups in total. The molecular formula is C13H18. The van der Waals surface area contributed by atoms with E-state index in [1.165, 1.54) is 27.8 Å². The van der Waals surface area contributed by atoms with E-state index >= 15 is 0 Å². The van der Waals surface area contributed by atoms with Gasteiger partial charge in [-0.25, -0.2) is 0 Å². The summed E-state index contributed by atoms with van der Waals surface area (Å²) >= 11 is 0. The van der Waals surface area contributed by atoms with Crippen LogP contribution in [0.5, 0.6) is 0 Å². The third-order valence-corrected chi connectivity index (χ3v) is 2.87. The fraction of sp³-hybridized carbons (Fsp3) is 0.385. The third-order valence-electron chi connectivity index (χ3n) is 2.87. The lowest BCUT2D eigenvalue weighted by Crippen LogP contribution is -1.93. The first kappa shape index (κ1) is 10.0. The van der Waals surface area contributed by atoms with Crippen LogP contribution < -0.4 is 0 Å². The Hall–Kier alpha value is -1.04. The van der Waals surface area contributed by atoms with Crippen LogP contribution in [0, 0.1) is 27.7 Å². The lowest BCUT2D eigenvalue weighted by atomic mass is 9.94. The van der Waals surface area contributed by atoms with E-state index < -0.39 is 0 Å². The number of hydrogen-bond donors (Lipinski definition) is 0. The predicted molar refractivity (Wildman–Crippen MR) is 60.1 cm³/mol. The number of benzene rings is 1. The van der Waals surface area contributed by atoms with Crippen LogP contribution in [0.2, 0.25) is 0 Å². The molecule has 0 fully saturated rings. The fourth-order valence-electron chi connectivity index (χ4n) is 1.60. The monoisotopic (exact) mass is 174 g/mol. The summed E-state index contributed by atoms with van der Waals surface area (Å²) in [6, 6.07) is 2.26. The van der Waals surface area contributed by atoms with Crippen LogP contribution >= 0.6 is 0 Å². The van der Waals surface area contributed by atoms with Gasteiger partial charge in [-0.3, -0.25) is 0 Å². The molecule has 0 atom stereocenters. The first-order valence-corrected chi connectivity index (χ1v) is 4.78. The zero-order valence-electron chi connectivity index (χ0n) is 9.23. The summed E-state index contributed by atoms with van der Waals surface area (Å²) in [5.74, 6) is 0. The maximum Gasteiger partial charge on any atom is -0.0225 e. The van der Waals surface area contributed by atoms with Crippen molar-refractivity contribution >= 4 is 6.08 Å². The summed E-state index contributed by atoms with van der Waals surface area (Å²) < 4.78 is 0. The Kier molecular flexibility index (Phi) is 2.92. The van der Waals surface area contributed by atoms with Crippen molar-refractivity contribution in [2.24, 2.45) is 0 Å². The summed E-state index contributed by atoms with van der Waals surface area (Å²) in [5.41, 5.74) is 6.99. The van der Waals surface area contributed by atoms with Gasteiger partial charge in [-0.1, -0.05) is 18.2 Å². The Balaban J connectivity index is 3.40. The quantitative estimate of drug-likeness (QED) is 0.604. The normalized spacial score (nSPS) is 11.2. The lowest BCUT2D eigenvalue weighted by molar-refractivity contribution is 1.21. The molecule has 0 aliphatic rings. The molecule has 1 aromatic carbocycles. The molecule has 0 nitrogen and oxygen atoms in total. The second kappa shape index (κ2) is 3.78. The Morgan fingerprint density at radius 3 is 2.08 bits per heavy atom.